The summed E-state index contributed by atoms with van der Waals surface area (Å²) in [5.74, 6) is 0.918. The van der Waals surface area contributed by atoms with Crippen LogP contribution in [0.25, 0.3) is 0 Å². The van der Waals surface area contributed by atoms with E-state index in [0.29, 0.717) is 17.5 Å². The summed E-state index contributed by atoms with van der Waals surface area (Å²) in [6, 6.07) is 1.14. The summed E-state index contributed by atoms with van der Waals surface area (Å²) in [5.41, 5.74) is 0.412. The predicted molar refractivity (Wildman–Crippen MR) is 115 cm³/mol. The lowest BCUT2D eigenvalue weighted by Crippen LogP contribution is -2.49. The van der Waals surface area contributed by atoms with Gasteiger partial charge in [0, 0.05) is 52.5 Å². The van der Waals surface area contributed by atoms with Gasteiger partial charge in [-0.15, -0.1) is 24.0 Å². The number of hydrogen-bond donors (Lipinski definition) is 2. The molecular formula is C18H39IN4O. The van der Waals surface area contributed by atoms with Gasteiger partial charge in [-0.3, -0.25) is 9.89 Å². The molecule has 2 N–H and O–H groups in total. The number of aliphatic imine (C=N–C) groups is 1. The SMILES string of the molecule is CN=C(NCCN(C(C)C)C(C)C)NCC1(CCOC)CCC1.I. The predicted octanol–water partition coefficient (Wildman–Crippen LogP) is 3.10. The first-order valence-electron chi connectivity index (χ1n) is 9.13. The van der Waals surface area contributed by atoms with Crippen molar-refractivity contribution in [3.8, 4) is 0 Å². The molecule has 1 fully saturated rings. The number of methoxy groups -OCH3 is 1. The molecule has 0 heterocycles. The number of rotatable bonds is 10. The second kappa shape index (κ2) is 12.3. The first-order chi connectivity index (χ1) is 10.9. The van der Waals surface area contributed by atoms with Crippen LogP contribution in [0.2, 0.25) is 0 Å². The molecule has 0 bridgehead atoms. The van der Waals surface area contributed by atoms with Gasteiger partial charge in [0.15, 0.2) is 5.96 Å². The Morgan fingerprint density at radius 1 is 1.17 bits per heavy atom. The Hall–Kier alpha value is -0.0800. The minimum Gasteiger partial charge on any atom is -0.385 e. The topological polar surface area (TPSA) is 48.9 Å². The van der Waals surface area contributed by atoms with E-state index in [1.807, 2.05) is 7.05 Å². The molecule has 1 rings (SSSR count). The van der Waals surface area contributed by atoms with Gasteiger partial charge in [-0.05, 0) is 52.4 Å². The molecule has 0 aromatic rings. The van der Waals surface area contributed by atoms with Crippen molar-refractivity contribution in [1.82, 2.24) is 15.5 Å². The largest absolute Gasteiger partial charge is 0.385 e. The minimum atomic E-state index is 0. The van der Waals surface area contributed by atoms with Gasteiger partial charge < -0.3 is 15.4 Å². The van der Waals surface area contributed by atoms with Gasteiger partial charge in [-0.1, -0.05) is 6.42 Å². The quantitative estimate of drug-likeness (QED) is 0.303. The Kier molecular flexibility index (Phi) is 12.3. The van der Waals surface area contributed by atoms with Crippen LogP contribution in [0, 0.1) is 5.41 Å². The monoisotopic (exact) mass is 454 g/mol. The molecule has 6 heteroatoms. The van der Waals surface area contributed by atoms with Crippen molar-refractivity contribution in [3.05, 3.63) is 0 Å². The van der Waals surface area contributed by atoms with Gasteiger partial charge in [-0.25, -0.2) is 0 Å². The van der Waals surface area contributed by atoms with Gasteiger partial charge in [0.1, 0.15) is 0 Å². The third-order valence-electron chi connectivity index (χ3n) is 5.09. The molecule has 0 amide bonds. The minimum absolute atomic E-state index is 0. The van der Waals surface area contributed by atoms with Gasteiger partial charge in [-0.2, -0.15) is 0 Å². The van der Waals surface area contributed by atoms with Crippen LogP contribution in [0.1, 0.15) is 53.4 Å². The maximum absolute atomic E-state index is 5.26. The molecule has 0 aromatic heterocycles. The lowest BCUT2D eigenvalue weighted by Gasteiger charge is -2.42. The van der Waals surface area contributed by atoms with Crippen LogP contribution in [0.4, 0.5) is 0 Å². The van der Waals surface area contributed by atoms with Crippen LogP contribution >= 0.6 is 24.0 Å². The van der Waals surface area contributed by atoms with Crippen molar-refractivity contribution in [2.24, 2.45) is 10.4 Å². The van der Waals surface area contributed by atoms with Crippen molar-refractivity contribution in [1.29, 1.82) is 0 Å². The van der Waals surface area contributed by atoms with Crippen LogP contribution < -0.4 is 10.6 Å². The van der Waals surface area contributed by atoms with Crippen LogP contribution in [0.5, 0.6) is 0 Å². The Balaban J connectivity index is 0.00000529. The summed E-state index contributed by atoms with van der Waals surface area (Å²) in [7, 11) is 3.63. The maximum atomic E-state index is 5.26. The zero-order chi connectivity index (χ0) is 17.3. The fraction of sp³-hybridized carbons (Fsp3) is 0.944. The van der Waals surface area contributed by atoms with E-state index in [-0.39, 0.29) is 24.0 Å². The molecule has 0 atom stereocenters. The highest BCUT2D eigenvalue weighted by Crippen LogP contribution is 2.43. The summed E-state index contributed by atoms with van der Waals surface area (Å²) in [6.45, 7) is 12.8. The number of nitrogens with one attached hydrogen (secondary N) is 2. The number of halogens is 1. The highest BCUT2D eigenvalue weighted by Gasteiger charge is 2.36. The number of ether oxygens (including phenoxy) is 1. The van der Waals surface area contributed by atoms with E-state index in [1.54, 1.807) is 7.11 Å². The second-order valence-electron chi connectivity index (χ2n) is 7.37. The van der Waals surface area contributed by atoms with E-state index in [9.17, 15) is 0 Å². The number of nitrogens with zero attached hydrogens (tertiary/aromatic N) is 2. The summed E-state index contributed by atoms with van der Waals surface area (Å²) < 4.78 is 5.26. The van der Waals surface area contributed by atoms with Gasteiger partial charge in [0.05, 0.1) is 0 Å². The standard InChI is InChI=1S/C18H38N4O.HI/c1-15(2)22(16(3)4)12-11-20-17(19-5)21-14-18(8-7-9-18)10-13-23-6;/h15-16H,7-14H2,1-6H3,(H2,19,20,21);1H. The Labute approximate surface area is 166 Å². The van der Waals surface area contributed by atoms with Crippen molar-refractivity contribution < 1.29 is 4.74 Å². The van der Waals surface area contributed by atoms with Crippen LogP contribution in [0.15, 0.2) is 4.99 Å². The van der Waals surface area contributed by atoms with Crippen LogP contribution in [-0.2, 0) is 4.74 Å². The fourth-order valence-electron chi connectivity index (χ4n) is 3.42. The van der Waals surface area contributed by atoms with Gasteiger partial charge in [0.25, 0.3) is 0 Å². The molecule has 1 saturated carbocycles. The first kappa shape index (κ1) is 23.9. The van der Waals surface area contributed by atoms with Gasteiger partial charge in [0.2, 0.25) is 0 Å². The summed E-state index contributed by atoms with van der Waals surface area (Å²) in [4.78, 5) is 6.85. The molecule has 0 saturated heterocycles. The summed E-state index contributed by atoms with van der Waals surface area (Å²) >= 11 is 0. The third kappa shape index (κ3) is 7.87. The molecule has 0 aliphatic heterocycles. The average Bonchev–Trinajstić information content (AvgIpc) is 2.46. The number of hydrogen-bond acceptors (Lipinski definition) is 3. The lowest BCUT2D eigenvalue weighted by molar-refractivity contribution is 0.0732. The second-order valence-corrected chi connectivity index (χ2v) is 7.37. The Bertz CT molecular complexity index is 349. The molecule has 144 valence electrons. The number of guanidine groups is 1. The van der Waals surface area contributed by atoms with Crippen molar-refractivity contribution in [2.45, 2.75) is 65.5 Å². The van der Waals surface area contributed by atoms with E-state index in [4.69, 9.17) is 4.74 Å². The summed E-state index contributed by atoms with van der Waals surface area (Å²) in [6.07, 6.45) is 5.08. The molecule has 5 nitrogen and oxygen atoms in total. The molecule has 0 radical (unpaired) electrons. The Morgan fingerprint density at radius 2 is 1.79 bits per heavy atom. The first-order valence-corrected chi connectivity index (χ1v) is 9.13. The van der Waals surface area contributed by atoms with Crippen molar-refractivity contribution in [3.63, 3.8) is 0 Å². The van der Waals surface area contributed by atoms with Crippen molar-refractivity contribution >= 4 is 29.9 Å². The zero-order valence-corrected chi connectivity index (χ0v) is 18.9. The lowest BCUT2D eigenvalue weighted by atomic mass is 9.67. The summed E-state index contributed by atoms with van der Waals surface area (Å²) in [5, 5.41) is 6.97. The smallest absolute Gasteiger partial charge is 0.191 e. The van der Waals surface area contributed by atoms with Crippen LogP contribution in [-0.4, -0.2) is 63.3 Å². The van der Waals surface area contributed by atoms with E-state index >= 15 is 0 Å². The Morgan fingerprint density at radius 3 is 2.21 bits per heavy atom. The van der Waals surface area contributed by atoms with Crippen LogP contribution in [0.3, 0.4) is 0 Å². The molecule has 1 aliphatic carbocycles. The van der Waals surface area contributed by atoms with E-state index in [0.717, 1.165) is 38.6 Å². The highest BCUT2D eigenvalue weighted by molar-refractivity contribution is 14.0. The third-order valence-corrected chi connectivity index (χ3v) is 5.09. The molecular weight excluding hydrogens is 415 g/mol. The molecule has 0 aromatic carbocycles. The van der Waals surface area contributed by atoms with E-state index in [1.165, 1.54) is 19.3 Å². The maximum Gasteiger partial charge on any atom is 0.191 e. The van der Waals surface area contributed by atoms with E-state index in [2.05, 4.69) is 48.2 Å². The molecule has 0 spiro atoms. The van der Waals surface area contributed by atoms with E-state index < -0.39 is 0 Å². The van der Waals surface area contributed by atoms with Crippen molar-refractivity contribution in [2.75, 3.05) is 40.4 Å². The average molecular weight is 454 g/mol. The van der Waals surface area contributed by atoms with Gasteiger partial charge >= 0.3 is 0 Å². The molecule has 24 heavy (non-hydrogen) atoms. The fourth-order valence-corrected chi connectivity index (χ4v) is 3.42. The highest BCUT2D eigenvalue weighted by atomic mass is 127. The molecule has 1 aliphatic rings. The molecule has 0 unspecified atom stereocenters. The zero-order valence-electron chi connectivity index (χ0n) is 16.5. The normalized spacial score (nSPS) is 17.0.